The molecule has 1 aliphatic heterocycles. The fourth-order valence-corrected chi connectivity index (χ4v) is 14.0. The minimum absolute atomic E-state index is 0. The van der Waals surface area contributed by atoms with Gasteiger partial charge in [0.25, 0.3) is 0 Å². The van der Waals surface area contributed by atoms with Gasteiger partial charge in [0.15, 0.2) is 0 Å². The average Bonchev–Trinajstić information content (AvgIpc) is 4.00. The van der Waals surface area contributed by atoms with E-state index in [1.807, 2.05) is 0 Å². The van der Waals surface area contributed by atoms with E-state index in [-0.39, 0.29) is 21.1 Å². The largest absolute Gasteiger partial charge is 4.00 e. The van der Waals surface area contributed by atoms with E-state index in [0.29, 0.717) is 0 Å². The maximum Gasteiger partial charge on any atom is 4.00 e. The molecular formula is C48H48N2Pt+2. The van der Waals surface area contributed by atoms with Crippen LogP contribution in [-0.4, -0.2) is 14.1 Å². The Kier molecular flexibility index (Phi) is 6.39. The number of anilines is 2. The zero-order valence-electron chi connectivity index (χ0n) is 30.2. The third-order valence-electron chi connectivity index (χ3n) is 16.2. The van der Waals surface area contributed by atoms with Crippen LogP contribution >= 0.6 is 0 Å². The van der Waals surface area contributed by atoms with Crippen molar-refractivity contribution in [3.8, 4) is 22.3 Å². The van der Waals surface area contributed by atoms with Crippen LogP contribution in [0, 0.1) is 12.1 Å². The van der Waals surface area contributed by atoms with Gasteiger partial charge in [0.1, 0.15) is 0 Å². The Labute approximate surface area is 318 Å². The Morgan fingerprint density at radius 2 is 0.765 bits per heavy atom. The van der Waals surface area contributed by atoms with Crippen molar-refractivity contribution in [3.63, 3.8) is 0 Å². The molecule has 8 aliphatic carbocycles. The Balaban J connectivity index is 0.00000296. The monoisotopic (exact) mass is 847 g/mol. The van der Waals surface area contributed by atoms with Gasteiger partial charge in [0.2, 0.25) is 0 Å². The second-order valence-corrected chi connectivity index (χ2v) is 18.6. The smallest absolute Gasteiger partial charge is 0.379 e. The van der Waals surface area contributed by atoms with E-state index < -0.39 is 0 Å². The van der Waals surface area contributed by atoms with Crippen molar-refractivity contribution in [1.82, 2.24) is 0 Å². The summed E-state index contributed by atoms with van der Waals surface area (Å²) in [5.41, 5.74) is 24.7. The molecule has 0 N–H and O–H groups in total. The fraction of sp³-hybridized carbons (Fsp3) is 0.500. The number of hydrogen-bond donors (Lipinski definition) is 0. The molecule has 4 fully saturated rings. The van der Waals surface area contributed by atoms with Gasteiger partial charge in [-0.05, 0) is 146 Å². The van der Waals surface area contributed by atoms with Crippen molar-refractivity contribution in [1.29, 1.82) is 0 Å². The van der Waals surface area contributed by atoms with Crippen molar-refractivity contribution in [2.24, 2.45) is 0 Å². The molecule has 3 heteroatoms. The van der Waals surface area contributed by atoms with Crippen molar-refractivity contribution in [3.05, 3.63) is 104 Å². The molecule has 12 bridgehead atoms. The standard InChI is InChI=1S/C48H48N2.Pt/c1-49-23-35-15-34(18-43-29-7-9-31(13-29)47(35)43)42-20-38-26-4-6-28(12-26)40(38)22-46(42)50(2)24-36-16-33(17-44-30-8-10-32(14-30)48(36)44)41-19-37-25-3-5-27(11-25)39(37)21-45(41)49;/h17-22,25-32H,3-14,23-24H2,1-2H3;/q-2;+4. The molecule has 9 aliphatic rings. The van der Waals surface area contributed by atoms with Gasteiger partial charge < -0.3 is 9.80 Å². The first-order valence-electron chi connectivity index (χ1n) is 20.5. The van der Waals surface area contributed by atoms with Crippen LogP contribution in [0.2, 0.25) is 0 Å². The third-order valence-corrected chi connectivity index (χ3v) is 16.2. The van der Waals surface area contributed by atoms with E-state index >= 15 is 0 Å². The van der Waals surface area contributed by atoms with Gasteiger partial charge in [-0.3, -0.25) is 0 Å². The molecule has 51 heavy (non-hydrogen) atoms. The van der Waals surface area contributed by atoms with E-state index in [0.717, 1.165) is 60.4 Å². The summed E-state index contributed by atoms with van der Waals surface area (Å²) in [5, 5.41) is 0. The molecule has 8 unspecified atom stereocenters. The summed E-state index contributed by atoms with van der Waals surface area (Å²) < 4.78 is 0. The van der Waals surface area contributed by atoms with Crippen molar-refractivity contribution in [2.75, 3.05) is 23.9 Å². The predicted molar refractivity (Wildman–Crippen MR) is 203 cm³/mol. The van der Waals surface area contributed by atoms with Crippen molar-refractivity contribution >= 4 is 11.4 Å². The Morgan fingerprint density at radius 1 is 0.431 bits per heavy atom. The second-order valence-electron chi connectivity index (χ2n) is 18.6. The number of fused-ring (bicyclic) bond motifs is 30. The summed E-state index contributed by atoms with van der Waals surface area (Å²) in [4.78, 5) is 5.27. The summed E-state index contributed by atoms with van der Waals surface area (Å²) >= 11 is 0. The first-order valence-corrected chi connectivity index (χ1v) is 20.5. The van der Waals surface area contributed by atoms with E-state index in [2.05, 4.69) is 72.4 Å². The van der Waals surface area contributed by atoms with Crippen molar-refractivity contribution < 1.29 is 21.1 Å². The Morgan fingerprint density at radius 3 is 1.18 bits per heavy atom. The zero-order valence-corrected chi connectivity index (χ0v) is 32.5. The molecule has 0 spiro atoms. The van der Waals surface area contributed by atoms with Gasteiger partial charge in [-0.15, -0.1) is 68.8 Å². The minimum Gasteiger partial charge on any atom is -0.379 e. The molecular weight excluding hydrogens is 800 g/mol. The molecule has 4 saturated carbocycles. The van der Waals surface area contributed by atoms with E-state index in [9.17, 15) is 0 Å². The number of benzene rings is 4. The summed E-state index contributed by atoms with van der Waals surface area (Å²) in [6.45, 7) is 1.87. The van der Waals surface area contributed by atoms with Gasteiger partial charge in [-0.1, -0.05) is 36.1 Å². The molecule has 1 heterocycles. The normalized spacial score (nSPS) is 32.0. The molecule has 4 aromatic rings. The van der Waals surface area contributed by atoms with Crippen LogP contribution in [0.5, 0.6) is 0 Å². The van der Waals surface area contributed by atoms with Gasteiger partial charge in [-0.25, -0.2) is 0 Å². The van der Waals surface area contributed by atoms with Crippen LogP contribution in [0.4, 0.5) is 11.4 Å². The van der Waals surface area contributed by atoms with Gasteiger partial charge >= 0.3 is 21.1 Å². The molecule has 0 saturated heterocycles. The average molecular weight is 848 g/mol. The molecule has 0 aromatic heterocycles. The predicted octanol–water partition coefficient (Wildman–Crippen LogP) is 11.7. The third kappa shape index (κ3) is 4.10. The maximum atomic E-state index is 4.23. The Bertz CT molecular complexity index is 2040. The summed E-state index contributed by atoms with van der Waals surface area (Å²) in [6, 6.07) is 24.4. The van der Waals surface area contributed by atoms with E-state index in [4.69, 9.17) is 0 Å². The summed E-state index contributed by atoms with van der Waals surface area (Å²) in [7, 11) is 4.79. The topological polar surface area (TPSA) is 6.48 Å². The van der Waals surface area contributed by atoms with Gasteiger partial charge in [-0.2, -0.15) is 0 Å². The quantitative estimate of drug-likeness (QED) is 0.163. The second kappa shape index (κ2) is 10.6. The van der Waals surface area contributed by atoms with Crippen LogP contribution in [-0.2, 0) is 34.2 Å². The molecule has 13 rings (SSSR count). The van der Waals surface area contributed by atoms with Crippen LogP contribution in [0.1, 0.15) is 180 Å². The van der Waals surface area contributed by atoms with Gasteiger partial charge in [0.05, 0.1) is 0 Å². The molecule has 0 radical (unpaired) electrons. The first-order chi connectivity index (χ1) is 24.5. The summed E-state index contributed by atoms with van der Waals surface area (Å²) in [6.07, 6.45) is 16.4. The Hall–Kier alpha value is -2.83. The van der Waals surface area contributed by atoms with Crippen LogP contribution in [0.15, 0.2) is 36.4 Å². The van der Waals surface area contributed by atoms with Crippen LogP contribution in [0.25, 0.3) is 22.3 Å². The van der Waals surface area contributed by atoms with E-state index in [1.165, 1.54) is 122 Å². The number of rotatable bonds is 0. The molecule has 2 nitrogen and oxygen atoms in total. The molecule has 4 aromatic carbocycles. The minimum atomic E-state index is 0. The zero-order chi connectivity index (χ0) is 32.6. The fourth-order valence-electron chi connectivity index (χ4n) is 14.0. The molecule has 8 atom stereocenters. The first kappa shape index (κ1) is 30.6. The SMILES string of the molecule is CN1Cc2[c-]c(cc3c2C2CCC3C2)-c2cc3c(cc2N(C)Cc2[c-]c(cc4c2C2CCC4C2)-c2cc4c(cc21)C1CCC4C1)C1CCC3C1.[Pt+4]. The maximum absolute atomic E-state index is 4.23. The molecule has 0 amide bonds. The van der Waals surface area contributed by atoms with Crippen molar-refractivity contribution in [2.45, 2.75) is 137 Å². The number of nitrogens with zero attached hydrogens (tertiary/aromatic N) is 2. The number of hydrogen-bond acceptors (Lipinski definition) is 2. The van der Waals surface area contributed by atoms with Crippen LogP contribution < -0.4 is 9.80 Å². The molecule has 258 valence electrons. The van der Waals surface area contributed by atoms with Crippen LogP contribution in [0.3, 0.4) is 0 Å². The summed E-state index contributed by atoms with van der Waals surface area (Å²) in [5.74, 6) is 5.94. The van der Waals surface area contributed by atoms with Gasteiger partial charge in [0, 0.05) is 38.6 Å². The van der Waals surface area contributed by atoms with E-state index in [1.54, 1.807) is 44.5 Å².